The van der Waals surface area contributed by atoms with Crippen molar-refractivity contribution in [3.05, 3.63) is 16.1 Å². The van der Waals surface area contributed by atoms with Crippen LogP contribution in [-0.2, 0) is 4.79 Å². The van der Waals surface area contributed by atoms with Gasteiger partial charge in [-0.05, 0) is 0 Å². The third-order valence-corrected chi connectivity index (χ3v) is 2.41. The predicted octanol–water partition coefficient (Wildman–Crippen LogP) is -0.680. The minimum atomic E-state index is -2.02. The fourth-order valence-corrected chi connectivity index (χ4v) is 1.50. The average molecular weight is 233 g/mol. The summed E-state index contributed by atoms with van der Waals surface area (Å²) in [7, 11) is 0. The van der Waals surface area contributed by atoms with Crippen molar-refractivity contribution in [2.75, 3.05) is 0 Å². The van der Waals surface area contributed by atoms with Crippen molar-refractivity contribution in [3.63, 3.8) is 0 Å². The molecule has 7 nitrogen and oxygen atoms in total. The van der Waals surface area contributed by atoms with E-state index < -0.39 is 24.1 Å². The van der Waals surface area contributed by atoms with Crippen molar-refractivity contribution in [2.24, 2.45) is 0 Å². The second-order valence-electron chi connectivity index (χ2n) is 2.61. The zero-order chi connectivity index (χ0) is 11.6. The predicted molar refractivity (Wildman–Crippen MR) is 47.7 cm³/mol. The van der Waals surface area contributed by atoms with Crippen LogP contribution < -0.4 is 0 Å². The van der Waals surface area contributed by atoms with E-state index in [2.05, 4.69) is 4.98 Å². The summed E-state index contributed by atoms with van der Waals surface area (Å²) in [6, 6.07) is 0. The lowest BCUT2D eigenvalue weighted by atomic mass is 10.1. The second-order valence-corrected chi connectivity index (χ2v) is 3.47. The number of hydrogen-bond acceptors (Lipinski definition) is 6. The van der Waals surface area contributed by atoms with E-state index in [1.165, 1.54) is 5.38 Å². The van der Waals surface area contributed by atoms with Crippen LogP contribution in [0.2, 0.25) is 0 Å². The zero-order valence-corrected chi connectivity index (χ0v) is 8.01. The SMILES string of the molecule is O=C(O)c1nc(C(O)C(O)C(=O)O)cs1. The van der Waals surface area contributed by atoms with Gasteiger partial charge in [0.2, 0.25) is 5.01 Å². The third-order valence-electron chi connectivity index (χ3n) is 1.56. The number of aliphatic hydroxyl groups is 2. The van der Waals surface area contributed by atoms with E-state index in [4.69, 9.17) is 15.3 Å². The van der Waals surface area contributed by atoms with Gasteiger partial charge in [-0.25, -0.2) is 14.6 Å². The molecule has 0 aromatic carbocycles. The van der Waals surface area contributed by atoms with E-state index >= 15 is 0 Å². The van der Waals surface area contributed by atoms with Crippen molar-refractivity contribution in [2.45, 2.75) is 12.2 Å². The maximum Gasteiger partial charge on any atom is 0.365 e. The van der Waals surface area contributed by atoms with E-state index in [0.717, 1.165) is 11.3 Å². The van der Waals surface area contributed by atoms with Crippen LogP contribution in [0.25, 0.3) is 0 Å². The fourth-order valence-electron chi connectivity index (χ4n) is 0.817. The second kappa shape index (κ2) is 4.34. The van der Waals surface area contributed by atoms with Crippen LogP contribution >= 0.6 is 11.3 Å². The van der Waals surface area contributed by atoms with Gasteiger partial charge >= 0.3 is 11.9 Å². The first kappa shape index (κ1) is 11.6. The molecule has 0 aliphatic rings. The molecule has 1 heterocycles. The number of aliphatic carboxylic acids is 1. The quantitative estimate of drug-likeness (QED) is 0.542. The maximum atomic E-state index is 10.4. The highest BCUT2D eigenvalue weighted by Crippen LogP contribution is 2.19. The first-order chi connectivity index (χ1) is 6.93. The third kappa shape index (κ3) is 2.49. The Bertz CT molecular complexity index is 389. The molecule has 2 atom stereocenters. The summed E-state index contributed by atoms with van der Waals surface area (Å²) in [6.45, 7) is 0. The Morgan fingerprint density at radius 3 is 2.33 bits per heavy atom. The summed E-state index contributed by atoms with van der Waals surface area (Å²) in [4.78, 5) is 24.2. The van der Waals surface area contributed by atoms with Gasteiger partial charge in [-0.15, -0.1) is 11.3 Å². The molecule has 0 saturated heterocycles. The first-order valence-corrected chi connectivity index (χ1v) is 4.59. The molecule has 0 radical (unpaired) electrons. The summed E-state index contributed by atoms with van der Waals surface area (Å²) >= 11 is 0.740. The molecule has 2 unspecified atom stereocenters. The van der Waals surface area contributed by atoms with Crippen LogP contribution in [0.5, 0.6) is 0 Å². The number of nitrogens with zero attached hydrogens (tertiary/aromatic N) is 1. The minimum Gasteiger partial charge on any atom is -0.479 e. The van der Waals surface area contributed by atoms with Gasteiger partial charge in [0, 0.05) is 5.38 Å². The number of aromatic carboxylic acids is 1. The highest BCUT2D eigenvalue weighted by atomic mass is 32.1. The monoisotopic (exact) mass is 233 g/mol. The first-order valence-electron chi connectivity index (χ1n) is 3.71. The van der Waals surface area contributed by atoms with Gasteiger partial charge in [-0.2, -0.15) is 0 Å². The molecular formula is C7H7NO6S. The minimum absolute atomic E-state index is 0.174. The molecule has 1 rings (SSSR count). The smallest absolute Gasteiger partial charge is 0.365 e. The Balaban J connectivity index is 2.87. The fraction of sp³-hybridized carbons (Fsp3) is 0.286. The van der Waals surface area contributed by atoms with E-state index in [-0.39, 0.29) is 10.7 Å². The van der Waals surface area contributed by atoms with Crippen molar-refractivity contribution in [1.82, 2.24) is 4.98 Å². The molecule has 82 valence electrons. The highest BCUT2D eigenvalue weighted by molar-refractivity contribution is 7.11. The van der Waals surface area contributed by atoms with Gasteiger partial charge in [0.15, 0.2) is 6.10 Å². The van der Waals surface area contributed by atoms with E-state index in [1.54, 1.807) is 0 Å². The van der Waals surface area contributed by atoms with Crippen molar-refractivity contribution in [1.29, 1.82) is 0 Å². The zero-order valence-electron chi connectivity index (χ0n) is 7.19. The number of hydrogen-bond donors (Lipinski definition) is 4. The molecule has 8 heteroatoms. The molecule has 0 aliphatic carbocycles. The summed E-state index contributed by atoms with van der Waals surface area (Å²) in [6.07, 6.45) is -3.75. The molecule has 0 aliphatic heterocycles. The topological polar surface area (TPSA) is 128 Å². The Morgan fingerprint density at radius 2 is 1.93 bits per heavy atom. The number of rotatable bonds is 4. The molecule has 1 aromatic rings. The normalized spacial score (nSPS) is 14.5. The molecule has 15 heavy (non-hydrogen) atoms. The van der Waals surface area contributed by atoms with Gasteiger partial charge in [-0.1, -0.05) is 0 Å². The number of thiazole rings is 1. The van der Waals surface area contributed by atoms with Gasteiger partial charge in [0.1, 0.15) is 6.10 Å². The molecule has 0 bridgehead atoms. The Labute approximate surface area is 87.3 Å². The van der Waals surface area contributed by atoms with Gasteiger partial charge < -0.3 is 20.4 Å². The lowest BCUT2D eigenvalue weighted by Gasteiger charge is -2.10. The van der Waals surface area contributed by atoms with Crippen LogP contribution in [0.3, 0.4) is 0 Å². The van der Waals surface area contributed by atoms with Gasteiger partial charge in [0.05, 0.1) is 5.69 Å². The maximum absolute atomic E-state index is 10.4. The highest BCUT2D eigenvalue weighted by Gasteiger charge is 2.27. The summed E-state index contributed by atoms with van der Waals surface area (Å²) in [5.74, 6) is -2.88. The Hall–Kier alpha value is -1.51. The van der Waals surface area contributed by atoms with E-state index in [0.29, 0.717) is 0 Å². The summed E-state index contributed by atoms with van der Waals surface area (Å²) in [5.41, 5.74) is -0.174. The number of carbonyl (C=O) groups is 2. The standard InChI is InChI=1S/C7H7NO6S/c9-3(4(10)6(11)12)2-1-15-5(8-2)7(13)14/h1,3-4,9-10H,(H,11,12)(H,13,14). The molecular weight excluding hydrogens is 226 g/mol. The van der Waals surface area contributed by atoms with Crippen LogP contribution in [0.15, 0.2) is 5.38 Å². The molecule has 0 saturated carbocycles. The van der Waals surface area contributed by atoms with Gasteiger partial charge in [0.25, 0.3) is 0 Å². The molecule has 4 N–H and O–H groups in total. The number of carboxylic acids is 2. The Kier molecular flexibility index (Phi) is 3.35. The molecule has 0 amide bonds. The van der Waals surface area contributed by atoms with Crippen LogP contribution in [0, 0.1) is 0 Å². The van der Waals surface area contributed by atoms with Crippen molar-refractivity contribution in [3.8, 4) is 0 Å². The van der Waals surface area contributed by atoms with Gasteiger partial charge in [-0.3, -0.25) is 0 Å². The number of carboxylic acid groups (broad SMARTS) is 2. The lowest BCUT2D eigenvalue weighted by Crippen LogP contribution is -2.27. The largest absolute Gasteiger partial charge is 0.479 e. The van der Waals surface area contributed by atoms with Crippen LogP contribution in [0.4, 0.5) is 0 Å². The lowest BCUT2D eigenvalue weighted by molar-refractivity contribution is -0.153. The van der Waals surface area contributed by atoms with Crippen LogP contribution in [-0.4, -0.2) is 43.5 Å². The molecule has 0 fully saturated rings. The summed E-state index contributed by atoms with van der Waals surface area (Å²) < 4.78 is 0. The summed E-state index contributed by atoms with van der Waals surface area (Å²) in [5, 5.41) is 36.0. The Morgan fingerprint density at radius 1 is 1.33 bits per heavy atom. The average Bonchev–Trinajstić information content (AvgIpc) is 2.64. The van der Waals surface area contributed by atoms with E-state index in [9.17, 15) is 14.7 Å². The molecule has 1 aromatic heterocycles. The number of aromatic nitrogens is 1. The van der Waals surface area contributed by atoms with Crippen LogP contribution in [0.1, 0.15) is 21.6 Å². The van der Waals surface area contributed by atoms with E-state index in [1.807, 2.05) is 0 Å². The van der Waals surface area contributed by atoms with Crippen molar-refractivity contribution >= 4 is 23.3 Å². The number of aliphatic hydroxyl groups excluding tert-OH is 2. The molecule has 0 spiro atoms. The van der Waals surface area contributed by atoms with Crippen molar-refractivity contribution < 1.29 is 30.0 Å².